The molecule has 9 nitrogen and oxygen atoms in total. The van der Waals surface area contributed by atoms with E-state index < -0.39 is 54.5 Å². The first kappa shape index (κ1) is 21.3. The average Bonchev–Trinajstić information content (AvgIpc) is 2.53. The van der Waals surface area contributed by atoms with Crippen molar-refractivity contribution >= 4 is 29.1 Å². The molecule has 5 atom stereocenters. The first-order valence-electron chi connectivity index (χ1n) is 7.81. The quantitative estimate of drug-likeness (QED) is 0.267. The summed E-state index contributed by atoms with van der Waals surface area (Å²) in [5, 5.41) is 40.8. The zero-order valence-corrected chi connectivity index (χ0v) is 14.6. The smallest absolute Gasteiger partial charge is 0.370 e. The Kier molecular flexibility index (Phi) is 8.23. The van der Waals surface area contributed by atoms with Gasteiger partial charge < -0.3 is 36.2 Å². The zero-order chi connectivity index (χ0) is 19.1. The number of carbonyl (C=O) groups is 2. The number of carboxylic acid groups (broad SMARTS) is 1. The Morgan fingerprint density at radius 3 is 2.56 bits per heavy atom. The van der Waals surface area contributed by atoms with Crippen LogP contribution in [0.5, 0.6) is 0 Å². The van der Waals surface area contributed by atoms with Gasteiger partial charge in [0.1, 0.15) is 18.3 Å². The van der Waals surface area contributed by atoms with Crippen LogP contribution in [0.15, 0.2) is 11.8 Å². The van der Waals surface area contributed by atoms with Crippen LogP contribution in [0.25, 0.3) is 0 Å². The van der Waals surface area contributed by atoms with Crippen molar-refractivity contribution < 1.29 is 34.8 Å². The van der Waals surface area contributed by atoms with Crippen LogP contribution in [-0.2, 0) is 14.3 Å². The summed E-state index contributed by atoms with van der Waals surface area (Å²) >= 11 is 4.81. The van der Waals surface area contributed by atoms with Gasteiger partial charge in [-0.15, -0.1) is 0 Å². The van der Waals surface area contributed by atoms with E-state index >= 15 is 0 Å². The van der Waals surface area contributed by atoms with E-state index in [9.17, 15) is 24.9 Å². The molecule has 10 heteroatoms. The molecular weight excluding hydrogens is 352 g/mol. The van der Waals surface area contributed by atoms with E-state index in [0.717, 1.165) is 0 Å². The second-order valence-electron chi connectivity index (χ2n) is 5.91. The van der Waals surface area contributed by atoms with E-state index in [1.165, 1.54) is 13.0 Å². The Morgan fingerprint density at radius 1 is 1.44 bits per heavy atom. The normalized spacial score (nSPS) is 25.3. The Labute approximate surface area is 150 Å². The number of ether oxygens (including phenoxy) is 1. The lowest BCUT2D eigenvalue weighted by atomic mass is 9.84. The molecule has 0 fully saturated rings. The molecule has 1 aliphatic rings. The van der Waals surface area contributed by atoms with Gasteiger partial charge in [-0.05, 0) is 25.3 Å². The van der Waals surface area contributed by atoms with Crippen LogP contribution in [0.1, 0.15) is 26.2 Å². The number of carbonyl (C=O) groups excluding carboxylic acids is 1. The molecule has 7 N–H and O–H groups in total. The first-order chi connectivity index (χ1) is 11.7. The third kappa shape index (κ3) is 6.24. The van der Waals surface area contributed by atoms with Gasteiger partial charge in [0, 0.05) is 12.8 Å². The number of aliphatic carboxylic acids is 1. The van der Waals surface area contributed by atoms with Crippen molar-refractivity contribution in [2.75, 3.05) is 6.61 Å². The Balaban J connectivity index is 3.11. The number of amides is 1. The molecular formula is C15H24N2O7S. The van der Waals surface area contributed by atoms with E-state index in [1.54, 1.807) is 0 Å². The summed E-state index contributed by atoms with van der Waals surface area (Å²) in [6.45, 7) is 0.528. The average molecular weight is 376 g/mol. The molecule has 0 aromatic heterocycles. The standard InChI is InChI=1S/C15H24N2O7S/c1-7(19)17-12-8(3-2-4-11(16)25)5-10(15(22)23)24-14(12)13(21)9(20)6-18/h5,8-9,12-14,18,20-21H,2-4,6H2,1H3,(H2,16,25)(H,17,19)(H,22,23)/t8-,9+,12+,13+,14?/m0/s1. The van der Waals surface area contributed by atoms with Crippen LogP contribution >= 0.6 is 12.2 Å². The molecule has 0 bridgehead atoms. The number of aliphatic hydroxyl groups excluding tert-OH is 3. The predicted octanol–water partition coefficient (Wildman–Crippen LogP) is -1.35. The number of aliphatic hydroxyl groups is 3. The van der Waals surface area contributed by atoms with Crippen LogP contribution in [0.4, 0.5) is 0 Å². The Bertz CT molecular complexity index is 540. The highest BCUT2D eigenvalue weighted by Gasteiger charge is 2.43. The van der Waals surface area contributed by atoms with Crippen LogP contribution in [0, 0.1) is 5.92 Å². The molecule has 0 radical (unpaired) electrons. The minimum atomic E-state index is -1.59. The van der Waals surface area contributed by atoms with Gasteiger partial charge in [-0.3, -0.25) is 4.79 Å². The maximum atomic E-state index is 11.5. The van der Waals surface area contributed by atoms with Gasteiger partial charge in [0.15, 0.2) is 0 Å². The summed E-state index contributed by atoms with van der Waals surface area (Å²) in [5.41, 5.74) is 5.46. The summed E-state index contributed by atoms with van der Waals surface area (Å²) in [5.74, 6) is -2.62. The zero-order valence-electron chi connectivity index (χ0n) is 13.8. The first-order valence-corrected chi connectivity index (χ1v) is 8.22. The summed E-state index contributed by atoms with van der Waals surface area (Å²) in [6, 6.07) is -0.789. The van der Waals surface area contributed by atoms with Gasteiger partial charge in [0.05, 0.1) is 17.6 Å². The fourth-order valence-electron chi connectivity index (χ4n) is 2.73. The van der Waals surface area contributed by atoms with E-state index in [0.29, 0.717) is 24.3 Å². The maximum Gasteiger partial charge on any atom is 0.370 e. The summed E-state index contributed by atoms with van der Waals surface area (Å²) in [7, 11) is 0. The van der Waals surface area contributed by atoms with Crippen molar-refractivity contribution in [2.45, 2.75) is 50.5 Å². The van der Waals surface area contributed by atoms with Gasteiger partial charge in [0.25, 0.3) is 0 Å². The lowest BCUT2D eigenvalue weighted by molar-refractivity contribution is -0.147. The second-order valence-corrected chi connectivity index (χ2v) is 6.43. The van der Waals surface area contributed by atoms with Crippen molar-refractivity contribution in [2.24, 2.45) is 11.7 Å². The highest BCUT2D eigenvalue weighted by atomic mass is 32.1. The van der Waals surface area contributed by atoms with Gasteiger partial charge in [0.2, 0.25) is 11.7 Å². The molecule has 142 valence electrons. The Hall–Kier alpha value is -1.75. The van der Waals surface area contributed by atoms with E-state index in [-0.39, 0.29) is 0 Å². The van der Waals surface area contributed by atoms with Crippen LogP contribution in [0.2, 0.25) is 0 Å². The Morgan fingerprint density at radius 2 is 2.08 bits per heavy atom. The number of thiocarbonyl (C=S) groups is 1. The van der Waals surface area contributed by atoms with Gasteiger partial charge in [-0.2, -0.15) is 0 Å². The largest absolute Gasteiger partial charge is 0.478 e. The van der Waals surface area contributed by atoms with Crippen molar-refractivity contribution in [3.63, 3.8) is 0 Å². The second kappa shape index (κ2) is 9.66. The van der Waals surface area contributed by atoms with E-state index in [4.69, 9.17) is 27.8 Å². The van der Waals surface area contributed by atoms with Gasteiger partial charge >= 0.3 is 5.97 Å². The summed E-state index contributed by atoms with van der Waals surface area (Å²) in [6.07, 6.45) is -1.60. The molecule has 0 spiro atoms. The van der Waals surface area contributed by atoms with E-state index in [2.05, 4.69) is 5.32 Å². The third-order valence-electron chi connectivity index (χ3n) is 3.90. The molecule has 1 unspecified atom stereocenters. The summed E-state index contributed by atoms with van der Waals surface area (Å²) < 4.78 is 5.28. The molecule has 1 amide bonds. The predicted molar refractivity (Wildman–Crippen MR) is 91.4 cm³/mol. The number of hydrogen-bond donors (Lipinski definition) is 6. The van der Waals surface area contributed by atoms with Gasteiger partial charge in [-0.25, -0.2) is 4.79 Å². The number of nitrogens with two attached hydrogens (primary N) is 1. The fourth-order valence-corrected chi connectivity index (χ4v) is 2.87. The fraction of sp³-hybridized carbons (Fsp3) is 0.667. The minimum absolute atomic E-state index is 0.317. The molecule has 0 saturated carbocycles. The minimum Gasteiger partial charge on any atom is -0.478 e. The third-order valence-corrected chi connectivity index (χ3v) is 4.11. The highest BCUT2D eigenvalue weighted by molar-refractivity contribution is 7.80. The molecule has 1 rings (SSSR count). The molecule has 1 aliphatic heterocycles. The van der Waals surface area contributed by atoms with Crippen LogP contribution < -0.4 is 11.1 Å². The van der Waals surface area contributed by atoms with Gasteiger partial charge in [-0.1, -0.05) is 12.2 Å². The number of nitrogens with one attached hydrogen (secondary N) is 1. The van der Waals surface area contributed by atoms with Crippen molar-refractivity contribution in [3.05, 3.63) is 11.8 Å². The topological polar surface area (TPSA) is 162 Å². The van der Waals surface area contributed by atoms with Crippen LogP contribution in [0.3, 0.4) is 0 Å². The molecule has 25 heavy (non-hydrogen) atoms. The van der Waals surface area contributed by atoms with Crippen molar-refractivity contribution in [1.29, 1.82) is 0 Å². The molecule has 0 aromatic rings. The highest BCUT2D eigenvalue weighted by Crippen LogP contribution is 2.30. The number of rotatable bonds is 9. The lowest BCUT2D eigenvalue weighted by Gasteiger charge is -2.40. The summed E-state index contributed by atoms with van der Waals surface area (Å²) in [4.78, 5) is 23.1. The monoisotopic (exact) mass is 376 g/mol. The number of hydrogen-bond acceptors (Lipinski definition) is 7. The molecule has 0 saturated heterocycles. The SMILES string of the molecule is CC(=O)N[C@H]1C([C@H](O)[C@H](O)CO)OC(C(=O)O)=C[C@@H]1CCCC(N)=S. The van der Waals surface area contributed by atoms with Crippen LogP contribution in [-0.4, -0.2) is 68.3 Å². The molecule has 0 aliphatic carbocycles. The van der Waals surface area contributed by atoms with Crippen molar-refractivity contribution in [1.82, 2.24) is 5.32 Å². The maximum absolute atomic E-state index is 11.5. The lowest BCUT2D eigenvalue weighted by Crippen LogP contribution is -2.58. The number of carboxylic acids is 1. The molecule has 1 heterocycles. The van der Waals surface area contributed by atoms with Crippen molar-refractivity contribution in [3.8, 4) is 0 Å². The van der Waals surface area contributed by atoms with E-state index in [1.807, 2.05) is 0 Å². The molecule has 0 aromatic carbocycles.